The van der Waals surface area contributed by atoms with Crippen LogP contribution in [0.5, 0.6) is 0 Å². The molecule has 1 aromatic heterocycles. The smallest absolute Gasteiger partial charge is 0.0547 e. The Morgan fingerprint density at radius 3 is 2.85 bits per heavy atom. The summed E-state index contributed by atoms with van der Waals surface area (Å²) in [5.74, 6) is 0. The lowest BCUT2D eigenvalue weighted by molar-refractivity contribution is 0.196. The average Bonchev–Trinajstić information content (AvgIpc) is 3.25. The number of nitrogens with one attached hydrogen (secondary N) is 1. The molecule has 1 aliphatic rings. The normalized spacial score (nSPS) is 16.6. The van der Waals surface area contributed by atoms with Crippen LogP contribution in [0.15, 0.2) is 18.2 Å². The summed E-state index contributed by atoms with van der Waals surface area (Å²) < 4.78 is 0. The van der Waals surface area contributed by atoms with Gasteiger partial charge in [0, 0.05) is 24.3 Å². The SMILES string of the molecule is CCN(Cc1cccc(C)n1)C(C)CCCNC1CC1. The molecule has 1 N–H and O–H groups in total. The van der Waals surface area contributed by atoms with Crippen molar-refractivity contribution >= 4 is 0 Å². The van der Waals surface area contributed by atoms with E-state index in [1.165, 1.54) is 37.9 Å². The minimum atomic E-state index is 0.628. The standard InChI is InChI=1S/C17H29N3/c1-4-20(13-17-9-5-7-14(2)19-17)15(3)8-6-12-18-16-10-11-16/h5,7,9,15-16,18H,4,6,8,10-13H2,1-3H3. The van der Waals surface area contributed by atoms with Crippen LogP contribution in [0.25, 0.3) is 0 Å². The number of rotatable bonds is 9. The van der Waals surface area contributed by atoms with Gasteiger partial charge < -0.3 is 5.32 Å². The molecule has 0 bridgehead atoms. The number of hydrogen-bond donors (Lipinski definition) is 1. The van der Waals surface area contributed by atoms with Crippen LogP contribution in [0.2, 0.25) is 0 Å². The monoisotopic (exact) mass is 275 g/mol. The predicted octanol–water partition coefficient (Wildman–Crippen LogP) is 3.13. The van der Waals surface area contributed by atoms with E-state index < -0.39 is 0 Å². The third-order valence-electron chi connectivity index (χ3n) is 4.15. The van der Waals surface area contributed by atoms with Crippen LogP contribution in [0.4, 0.5) is 0 Å². The maximum atomic E-state index is 4.62. The first-order valence-corrected chi connectivity index (χ1v) is 8.09. The van der Waals surface area contributed by atoms with Crippen molar-refractivity contribution < 1.29 is 0 Å². The molecule has 0 saturated heterocycles. The highest BCUT2D eigenvalue weighted by Crippen LogP contribution is 2.18. The zero-order valence-corrected chi connectivity index (χ0v) is 13.2. The van der Waals surface area contributed by atoms with E-state index in [-0.39, 0.29) is 0 Å². The Bertz CT molecular complexity index is 401. The molecule has 3 heteroatoms. The molecule has 0 aromatic carbocycles. The molecule has 1 saturated carbocycles. The van der Waals surface area contributed by atoms with E-state index in [2.05, 4.69) is 54.2 Å². The van der Waals surface area contributed by atoms with Crippen molar-refractivity contribution in [3.8, 4) is 0 Å². The number of hydrogen-bond acceptors (Lipinski definition) is 3. The summed E-state index contributed by atoms with van der Waals surface area (Å²) in [7, 11) is 0. The highest BCUT2D eigenvalue weighted by molar-refractivity contribution is 5.09. The Morgan fingerprint density at radius 2 is 2.20 bits per heavy atom. The first kappa shape index (κ1) is 15.5. The van der Waals surface area contributed by atoms with Crippen LogP contribution in [0.1, 0.15) is 50.9 Å². The largest absolute Gasteiger partial charge is 0.314 e. The lowest BCUT2D eigenvalue weighted by atomic mass is 10.1. The van der Waals surface area contributed by atoms with E-state index in [4.69, 9.17) is 0 Å². The number of aromatic nitrogens is 1. The molecule has 1 fully saturated rings. The predicted molar refractivity (Wildman–Crippen MR) is 84.8 cm³/mol. The Labute approximate surface area is 123 Å². The summed E-state index contributed by atoms with van der Waals surface area (Å²) in [5.41, 5.74) is 2.30. The van der Waals surface area contributed by atoms with Gasteiger partial charge in [-0.3, -0.25) is 9.88 Å². The second kappa shape index (κ2) is 7.75. The van der Waals surface area contributed by atoms with Crippen LogP contribution < -0.4 is 5.32 Å². The maximum Gasteiger partial charge on any atom is 0.0547 e. The van der Waals surface area contributed by atoms with Crippen LogP contribution in [0, 0.1) is 6.92 Å². The Hall–Kier alpha value is -0.930. The van der Waals surface area contributed by atoms with Crippen LogP contribution in [-0.2, 0) is 6.54 Å². The highest BCUT2D eigenvalue weighted by Gasteiger charge is 2.20. The molecular weight excluding hydrogens is 246 g/mol. The highest BCUT2D eigenvalue weighted by atomic mass is 15.1. The second-order valence-corrected chi connectivity index (χ2v) is 6.05. The van der Waals surface area contributed by atoms with Crippen LogP contribution in [0.3, 0.4) is 0 Å². The first-order chi connectivity index (χ1) is 9.69. The van der Waals surface area contributed by atoms with Gasteiger partial charge >= 0.3 is 0 Å². The van der Waals surface area contributed by atoms with E-state index in [0.29, 0.717) is 6.04 Å². The van der Waals surface area contributed by atoms with Gasteiger partial charge in [-0.25, -0.2) is 0 Å². The average molecular weight is 275 g/mol. The molecule has 1 unspecified atom stereocenters. The zero-order chi connectivity index (χ0) is 14.4. The first-order valence-electron chi connectivity index (χ1n) is 8.09. The molecule has 0 amide bonds. The third kappa shape index (κ3) is 5.22. The van der Waals surface area contributed by atoms with Gasteiger partial charge in [0.05, 0.1) is 5.69 Å². The van der Waals surface area contributed by atoms with Gasteiger partial charge in [-0.05, 0) is 64.8 Å². The van der Waals surface area contributed by atoms with E-state index >= 15 is 0 Å². The quantitative estimate of drug-likeness (QED) is 0.702. The lowest BCUT2D eigenvalue weighted by Gasteiger charge is -2.27. The fraction of sp³-hybridized carbons (Fsp3) is 0.706. The van der Waals surface area contributed by atoms with Gasteiger partial charge in [-0.2, -0.15) is 0 Å². The van der Waals surface area contributed by atoms with Crippen molar-refractivity contribution in [2.24, 2.45) is 0 Å². The van der Waals surface area contributed by atoms with E-state index in [9.17, 15) is 0 Å². The third-order valence-corrected chi connectivity index (χ3v) is 4.15. The minimum Gasteiger partial charge on any atom is -0.314 e. The van der Waals surface area contributed by atoms with Gasteiger partial charge in [0.2, 0.25) is 0 Å². The van der Waals surface area contributed by atoms with Gasteiger partial charge in [0.25, 0.3) is 0 Å². The molecule has 112 valence electrons. The Kier molecular flexibility index (Phi) is 5.99. The van der Waals surface area contributed by atoms with Crippen molar-refractivity contribution in [2.45, 2.75) is 65.1 Å². The van der Waals surface area contributed by atoms with Gasteiger partial charge in [0.15, 0.2) is 0 Å². The summed E-state index contributed by atoms with van der Waals surface area (Å²) >= 11 is 0. The molecule has 1 aliphatic carbocycles. The van der Waals surface area contributed by atoms with Gasteiger partial charge in [0.1, 0.15) is 0 Å². The minimum absolute atomic E-state index is 0.628. The molecule has 1 atom stereocenters. The van der Waals surface area contributed by atoms with E-state index in [1.807, 2.05) is 0 Å². The molecule has 2 rings (SSSR count). The van der Waals surface area contributed by atoms with E-state index in [0.717, 1.165) is 24.8 Å². The second-order valence-electron chi connectivity index (χ2n) is 6.05. The zero-order valence-electron chi connectivity index (χ0n) is 13.2. The lowest BCUT2D eigenvalue weighted by Crippen LogP contribution is -2.33. The summed E-state index contributed by atoms with van der Waals surface area (Å²) in [6, 6.07) is 7.77. The van der Waals surface area contributed by atoms with Crippen molar-refractivity contribution in [2.75, 3.05) is 13.1 Å². The van der Waals surface area contributed by atoms with Crippen LogP contribution in [-0.4, -0.2) is 35.1 Å². The van der Waals surface area contributed by atoms with Crippen LogP contribution >= 0.6 is 0 Å². The number of pyridine rings is 1. The summed E-state index contributed by atoms with van der Waals surface area (Å²) in [6.45, 7) is 9.88. The molecule has 20 heavy (non-hydrogen) atoms. The Balaban J connectivity index is 1.74. The number of nitrogens with zero attached hydrogens (tertiary/aromatic N) is 2. The van der Waals surface area contributed by atoms with E-state index in [1.54, 1.807) is 0 Å². The molecular formula is C17H29N3. The van der Waals surface area contributed by atoms with Crippen molar-refractivity contribution in [1.29, 1.82) is 0 Å². The molecule has 0 spiro atoms. The fourth-order valence-electron chi connectivity index (χ4n) is 2.65. The van der Waals surface area contributed by atoms with Gasteiger partial charge in [-0.1, -0.05) is 13.0 Å². The topological polar surface area (TPSA) is 28.2 Å². The molecule has 0 aliphatic heterocycles. The van der Waals surface area contributed by atoms with Crippen molar-refractivity contribution in [3.63, 3.8) is 0 Å². The summed E-state index contributed by atoms with van der Waals surface area (Å²) in [6.07, 6.45) is 5.31. The Morgan fingerprint density at radius 1 is 1.40 bits per heavy atom. The summed E-state index contributed by atoms with van der Waals surface area (Å²) in [4.78, 5) is 7.14. The van der Waals surface area contributed by atoms with Gasteiger partial charge in [-0.15, -0.1) is 0 Å². The molecule has 0 radical (unpaired) electrons. The van der Waals surface area contributed by atoms with Crippen molar-refractivity contribution in [1.82, 2.24) is 15.2 Å². The maximum absolute atomic E-state index is 4.62. The summed E-state index contributed by atoms with van der Waals surface area (Å²) in [5, 5.41) is 3.60. The molecule has 3 nitrogen and oxygen atoms in total. The number of aryl methyl sites for hydroxylation is 1. The molecule has 1 aromatic rings. The fourth-order valence-corrected chi connectivity index (χ4v) is 2.65. The van der Waals surface area contributed by atoms with Crippen molar-refractivity contribution in [3.05, 3.63) is 29.6 Å². The molecule has 1 heterocycles.